The van der Waals surface area contributed by atoms with Gasteiger partial charge in [0.25, 0.3) is 0 Å². The Hall–Kier alpha value is -1.02. The summed E-state index contributed by atoms with van der Waals surface area (Å²) in [4.78, 5) is 21.3. The number of likely N-dealkylation sites (N-methyl/N-ethyl adjacent to an activating group) is 1. The standard InChI is InChI=1S/C15H26N4O2S/c1-11(2)13-6-17-15(22-13)10-19(9-14(16)20)8-12-7-18(3)4-5-21-12/h6,11-12H,4-5,7-10H2,1-3H3,(H2,16,20)/t12-/m1/s1. The fourth-order valence-electron chi connectivity index (χ4n) is 2.53. The quantitative estimate of drug-likeness (QED) is 0.805. The molecule has 1 aliphatic rings. The van der Waals surface area contributed by atoms with Crippen molar-refractivity contribution in [1.29, 1.82) is 0 Å². The molecule has 0 radical (unpaired) electrons. The van der Waals surface area contributed by atoms with Crippen LogP contribution in [0.25, 0.3) is 0 Å². The van der Waals surface area contributed by atoms with Gasteiger partial charge in [-0.25, -0.2) is 4.98 Å². The third-order valence-corrected chi connectivity index (χ3v) is 4.97. The van der Waals surface area contributed by atoms with Gasteiger partial charge in [0.1, 0.15) is 5.01 Å². The number of nitrogens with two attached hydrogens (primary N) is 1. The van der Waals surface area contributed by atoms with Crippen molar-refractivity contribution in [1.82, 2.24) is 14.8 Å². The third kappa shape index (κ3) is 5.31. The number of carbonyl (C=O) groups excluding carboxylic acids is 1. The minimum atomic E-state index is -0.315. The van der Waals surface area contributed by atoms with Crippen molar-refractivity contribution >= 4 is 17.2 Å². The van der Waals surface area contributed by atoms with Crippen molar-refractivity contribution in [3.8, 4) is 0 Å². The Morgan fingerprint density at radius 1 is 1.64 bits per heavy atom. The van der Waals surface area contributed by atoms with Crippen LogP contribution in [-0.2, 0) is 16.1 Å². The van der Waals surface area contributed by atoms with Gasteiger partial charge in [0.15, 0.2) is 0 Å². The van der Waals surface area contributed by atoms with Crippen LogP contribution < -0.4 is 5.73 Å². The second-order valence-corrected chi connectivity index (χ2v) is 7.35. The number of rotatable bonds is 7. The smallest absolute Gasteiger partial charge is 0.231 e. The summed E-state index contributed by atoms with van der Waals surface area (Å²) in [5.74, 6) is 0.163. The Morgan fingerprint density at radius 2 is 2.41 bits per heavy atom. The lowest BCUT2D eigenvalue weighted by molar-refractivity contribution is -0.120. The molecular weight excluding hydrogens is 300 g/mol. The highest BCUT2D eigenvalue weighted by Gasteiger charge is 2.22. The molecule has 0 aromatic carbocycles. The van der Waals surface area contributed by atoms with Gasteiger partial charge in [-0.1, -0.05) is 13.8 Å². The molecule has 1 amide bonds. The molecule has 22 heavy (non-hydrogen) atoms. The van der Waals surface area contributed by atoms with E-state index in [0.29, 0.717) is 19.0 Å². The molecule has 0 aliphatic carbocycles. The van der Waals surface area contributed by atoms with Gasteiger partial charge in [-0.2, -0.15) is 0 Å². The molecule has 7 heteroatoms. The van der Waals surface area contributed by atoms with Crippen molar-refractivity contribution in [2.24, 2.45) is 5.73 Å². The maximum absolute atomic E-state index is 11.3. The van der Waals surface area contributed by atoms with Crippen LogP contribution in [-0.4, -0.2) is 66.6 Å². The average molecular weight is 326 g/mol. The lowest BCUT2D eigenvalue weighted by Crippen LogP contribution is -2.47. The first-order valence-corrected chi connectivity index (χ1v) is 8.51. The monoisotopic (exact) mass is 326 g/mol. The van der Waals surface area contributed by atoms with Crippen molar-refractivity contribution in [3.63, 3.8) is 0 Å². The fourth-order valence-corrected chi connectivity index (χ4v) is 3.49. The molecule has 1 fully saturated rings. The van der Waals surface area contributed by atoms with E-state index in [9.17, 15) is 4.79 Å². The number of thiazole rings is 1. The molecule has 2 rings (SSSR count). The zero-order chi connectivity index (χ0) is 16.1. The van der Waals surface area contributed by atoms with Crippen LogP contribution in [0.15, 0.2) is 6.20 Å². The number of primary amides is 1. The van der Waals surface area contributed by atoms with Crippen LogP contribution in [0.1, 0.15) is 29.7 Å². The van der Waals surface area contributed by atoms with E-state index in [1.807, 2.05) is 11.1 Å². The van der Waals surface area contributed by atoms with Gasteiger partial charge in [-0.05, 0) is 13.0 Å². The number of nitrogens with zero attached hydrogens (tertiary/aromatic N) is 3. The molecule has 0 saturated carbocycles. The van der Waals surface area contributed by atoms with E-state index in [0.717, 1.165) is 24.7 Å². The normalized spacial score (nSPS) is 20.0. The average Bonchev–Trinajstić information content (AvgIpc) is 2.86. The van der Waals surface area contributed by atoms with E-state index in [4.69, 9.17) is 10.5 Å². The van der Waals surface area contributed by atoms with Crippen LogP contribution in [0.3, 0.4) is 0 Å². The Labute approximate surface area is 136 Å². The molecule has 2 heterocycles. The molecule has 0 unspecified atom stereocenters. The highest BCUT2D eigenvalue weighted by atomic mass is 32.1. The molecule has 1 atom stereocenters. The van der Waals surface area contributed by atoms with Gasteiger partial charge >= 0.3 is 0 Å². The molecular formula is C15H26N4O2S. The summed E-state index contributed by atoms with van der Waals surface area (Å²) in [6.45, 7) is 8.46. The van der Waals surface area contributed by atoms with Crippen molar-refractivity contribution in [3.05, 3.63) is 16.1 Å². The van der Waals surface area contributed by atoms with Gasteiger partial charge in [-0.3, -0.25) is 9.69 Å². The molecule has 124 valence electrons. The highest BCUT2D eigenvalue weighted by molar-refractivity contribution is 7.11. The lowest BCUT2D eigenvalue weighted by Gasteiger charge is -2.33. The largest absolute Gasteiger partial charge is 0.374 e. The molecule has 1 aromatic rings. The minimum absolute atomic E-state index is 0.114. The number of carbonyl (C=O) groups is 1. The van der Waals surface area contributed by atoms with Crippen molar-refractivity contribution < 1.29 is 9.53 Å². The van der Waals surface area contributed by atoms with Crippen LogP contribution in [0, 0.1) is 0 Å². The summed E-state index contributed by atoms with van der Waals surface area (Å²) in [6, 6.07) is 0. The maximum Gasteiger partial charge on any atom is 0.231 e. The highest BCUT2D eigenvalue weighted by Crippen LogP contribution is 2.23. The third-order valence-electron chi connectivity index (χ3n) is 3.68. The number of amides is 1. The Balaban J connectivity index is 1.97. The van der Waals surface area contributed by atoms with Crippen molar-refractivity contribution in [2.75, 3.05) is 39.8 Å². The second kappa shape index (κ2) is 8.01. The van der Waals surface area contributed by atoms with Gasteiger partial charge in [0.05, 0.1) is 25.8 Å². The van der Waals surface area contributed by atoms with Crippen LogP contribution in [0.4, 0.5) is 0 Å². The fraction of sp³-hybridized carbons (Fsp3) is 0.733. The predicted octanol–water partition coefficient (Wildman–Crippen LogP) is 0.884. The predicted molar refractivity (Wildman–Crippen MR) is 87.9 cm³/mol. The van der Waals surface area contributed by atoms with Gasteiger partial charge in [0, 0.05) is 30.7 Å². The molecule has 0 spiro atoms. The number of morpholine rings is 1. The van der Waals surface area contributed by atoms with Crippen LogP contribution in [0.5, 0.6) is 0 Å². The number of hydrogen-bond donors (Lipinski definition) is 1. The van der Waals surface area contributed by atoms with E-state index in [-0.39, 0.29) is 18.6 Å². The Bertz CT molecular complexity index is 492. The molecule has 0 bridgehead atoms. The summed E-state index contributed by atoms with van der Waals surface area (Å²) >= 11 is 1.70. The Morgan fingerprint density at radius 3 is 3.00 bits per heavy atom. The van der Waals surface area contributed by atoms with E-state index >= 15 is 0 Å². The zero-order valence-electron chi connectivity index (χ0n) is 13.6. The summed E-state index contributed by atoms with van der Waals surface area (Å²) < 4.78 is 5.79. The van der Waals surface area contributed by atoms with E-state index in [2.05, 4.69) is 30.8 Å². The number of aromatic nitrogens is 1. The molecule has 2 N–H and O–H groups in total. The van der Waals surface area contributed by atoms with Crippen LogP contribution >= 0.6 is 11.3 Å². The van der Waals surface area contributed by atoms with Crippen molar-refractivity contribution in [2.45, 2.75) is 32.4 Å². The first-order valence-electron chi connectivity index (χ1n) is 7.69. The minimum Gasteiger partial charge on any atom is -0.374 e. The lowest BCUT2D eigenvalue weighted by atomic mass is 10.2. The summed E-state index contributed by atoms with van der Waals surface area (Å²) in [6.07, 6.45) is 2.04. The summed E-state index contributed by atoms with van der Waals surface area (Å²) in [7, 11) is 2.09. The van der Waals surface area contributed by atoms with E-state index < -0.39 is 0 Å². The van der Waals surface area contributed by atoms with Gasteiger partial charge < -0.3 is 15.4 Å². The summed E-state index contributed by atoms with van der Waals surface area (Å²) in [5.41, 5.74) is 5.38. The Kier molecular flexibility index (Phi) is 6.31. The van der Waals surface area contributed by atoms with Gasteiger partial charge in [0.2, 0.25) is 5.91 Å². The molecule has 1 saturated heterocycles. The van der Waals surface area contributed by atoms with Crippen LogP contribution in [0.2, 0.25) is 0 Å². The number of hydrogen-bond acceptors (Lipinski definition) is 6. The first-order chi connectivity index (χ1) is 10.4. The molecule has 6 nitrogen and oxygen atoms in total. The van der Waals surface area contributed by atoms with E-state index in [1.54, 1.807) is 11.3 Å². The SMILES string of the molecule is CC(C)c1cnc(CN(CC(N)=O)C[C@H]2CN(C)CCO2)s1. The van der Waals surface area contributed by atoms with Gasteiger partial charge in [-0.15, -0.1) is 11.3 Å². The zero-order valence-corrected chi connectivity index (χ0v) is 14.4. The maximum atomic E-state index is 11.3. The number of ether oxygens (including phenoxy) is 1. The van der Waals surface area contributed by atoms with E-state index in [1.165, 1.54) is 4.88 Å². The topological polar surface area (TPSA) is 71.7 Å². The molecule has 1 aromatic heterocycles. The molecule has 1 aliphatic heterocycles. The summed E-state index contributed by atoms with van der Waals surface area (Å²) in [5, 5.41) is 1.02. The first kappa shape index (κ1) is 17.3. The second-order valence-electron chi connectivity index (χ2n) is 6.20.